The molecule has 0 saturated heterocycles. The summed E-state index contributed by atoms with van der Waals surface area (Å²) in [5.41, 5.74) is 3.99. The van der Waals surface area contributed by atoms with Crippen LogP contribution >= 0.6 is 0 Å². The quantitative estimate of drug-likeness (QED) is 0.488. The minimum Gasteiger partial charge on any atom is -0.369 e. The van der Waals surface area contributed by atoms with E-state index in [0.29, 0.717) is 0 Å². The summed E-state index contributed by atoms with van der Waals surface area (Å²) in [5, 5.41) is 0. The molecular formula is C23H36O. The van der Waals surface area contributed by atoms with E-state index in [1.54, 1.807) is 0 Å². The maximum absolute atomic E-state index is 6.79. The summed E-state index contributed by atoms with van der Waals surface area (Å²) >= 11 is 0. The highest BCUT2D eigenvalue weighted by atomic mass is 16.5. The molecule has 0 N–H and O–H groups in total. The fourth-order valence-electron chi connectivity index (χ4n) is 4.09. The van der Waals surface area contributed by atoms with Crippen molar-refractivity contribution in [3.8, 4) is 0 Å². The molecule has 0 aromatic rings. The minimum absolute atomic E-state index is 0.0515. The molecule has 0 saturated carbocycles. The molecule has 1 atom stereocenters. The van der Waals surface area contributed by atoms with Crippen LogP contribution < -0.4 is 0 Å². The average Bonchev–Trinajstić information content (AvgIpc) is 3.03. The first kappa shape index (κ1) is 19.2. The fraction of sp³-hybridized carbons (Fsp3) is 0.652. The fourth-order valence-corrected chi connectivity index (χ4v) is 4.09. The van der Waals surface area contributed by atoms with Gasteiger partial charge in [0.15, 0.2) is 0 Å². The molecule has 0 fully saturated rings. The number of allylic oxidation sites excluding steroid dienone is 5. The third-order valence-electron chi connectivity index (χ3n) is 5.68. The predicted molar refractivity (Wildman–Crippen MR) is 105 cm³/mol. The lowest BCUT2D eigenvalue weighted by molar-refractivity contribution is -0.0907. The van der Waals surface area contributed by atoms with Crippen LogP contribution in [0.4, 0.5) is 0 Å². The zero-order valence-corrected chi connectivity index (χ0v) is 16.8. The summed E-state index contributed by atoms with van der Waals surface area (Å²) in [7, 11) is 0. The van der Waals surface area contributed by atoms with E-state index in [1.165, 1.54) is 23.1 Å². The second-order valence-electron chi connectivity index (χ2n) is 8.91. The number of rotatable bonds is 6. The number of hydrogen-bond donors (Lipinski definition) is 0. The number of ether oxygens (including phenoxy) is 1. The second kappa shape index (κ2) is 7.04. The SMILES string of the molecule is CCCCOC1(C(C)(C)C2=CCC=C2)CC=C(C)C=C1C(C)(C)C. The van der Waals surface area contributed by atoms with Crippen LogP contribution in [0.2, 0.25) is 0 Å². The molecule has 0 aromatic carbocycles. The number of unbranched alkanes of at least 4 members (excludes halogenated alkanes) is 1. The highest BCUT2D eigenvalue weighted by Crippen LogP contribution is 2.55. The Hall–Kier alpha value is -1.08. The molecule has 2 aliphatic rings. The third-order valence-corrected chi connectivity index (χ3v) is 5.68. The molecular weight excluding hydrogens is 292 g/mol. The van der Waals surface area contributed by atoms with Crippen molar-refractivity contribution in [3.05, 3.63) is 47.1 Å². The van der Waals surface area contributed by atoms with Gasteiger partial charge in [0.1, 0.15) is 5.60 Å². The molecule has 1 unspecified atom stereocenters. The first-order chi connectivity index (χ1) is 11.1. The van der Waals surface area contributed by atoms with Crippen molar-refractivity contribution < 1.29 is 4.74 Å². The van der Waals surface area contributed by atoms with E-state index >= 15 is 0 Å². The summed E-state index contributed by atoms with van der Waals surface area (Å²) in [4.78, 5) is 0. The van der Waals surface area contributed by atoms with Gasteiger partial charge in [0.2, 0.25) is 0 Å². The minimum atomic E-state index is -0.263. The Kier molecular flexibility index (Phi) is 5.64. The molecule has 2 rings (SSSR count). The molecule has 0 spiro atoms. The van der Waals surface area contributed by atoms with E-state index < -0.39 is 0 Å². The normalized spacial score (nSPS) is 24.7. The molecule has 0 aliphatic heterocycles. The number of hydrogen-bond acceptors (Lipinski definition) is 1. The van der Waals surface area contributed by atoms with Crippen molar-refractivity contribution in [2.45, 2.75) is 79.8 Å². The molecule has 0 aromatic heterocycles. The third kappa shape index (κ3) is 3.47. The Labute approximate surface area is 149 Å². The van der Waals surface area contributed by atoms with Gasteiger partial charge in [-0.25, -0.2) is 0 Å². The van der Waals surface area contributed by atoms with Gasteiger partial charge in [-0.2, -0.15) is 0 Å². The Bertz CT molecular complexity index is 578. The maximum atomic E-state index is 6.79. The van der Waals surface area contributed by atoms with Gasteiger partial charge in [-0.3, -0.25) is 0 Å². The van der Waals surface area contributed by atoms with E-state index in [9.17, 15) is 0 Å². The lowest BCUT2D eigenvalue weighted by Gasteiger charge is -2.53. The maximum Gasteiger partial charge on any atom is 0.102 e. The first-order valence-corrected chi connectivity index (χ1v) is 9.55. The van der Waals surface area contributed by atoms with Crippen molar-refractivity contribution in [2.24, 2.45) is 10.8 Å². The Balaban J connectivity index is 2.55. The van der Waals surface area contributed by atoms with Crippen LogP contribution in [-0.4, -0.2) is 12.2 Å². The Morgan fingerprint density at radius 1 is 1.12 bits per heavy atom. The topological polar surface area (TPSA) is 9.23 Å². The molecule has 1 heteroatoms. The molecule has 0 bridgehead atoms. The largest absolute Gasteiger partial charge is 0.369 e. The van der Waals surface area contributed by atoms with E-state index in [1.807, 2.05) is 0 Å². The van der Waals surface area contributed by atoms with E-state index in [2.05, 4.69) is 78.8 Å². The van der Waals surface area contributed by atoms with Crippen molar-refractivity contribution in [2.75, 3.05) is 6.61 Å². The van der Waals surface area contributed by atoms with E-state index in [0.717, 1.165) is 25.9 Å². The van der Waals surface area contributed by atoms with Crippen LogP contribution in [0, 0.1) is 10.8 Å². The molecule has 0 heterocycles. The molecule has 134 valence electrons. The summed E-state index contributed by atoms with van der Waals surface area (Å²) in [6, 6.07) is 0. The summed E-state index contributed by atoms with van der Waals surface area (Å²) in [6.45, 7) is 17.0. The van der Waals surface area contributed by atoms with Gasteiger partial charge < -0.3 is 4.74 Å². The van der Waals surface area contributed by atoms with Crippen LogP contribution in [0.25, 0.3) is 0 Å². The van der Waals surface area contributed by atoms with Crippen molar-refractivity contribution >= 4 is 0 Å². The van der Waals surface area contributed by atoms with Gasteiger partial charge in [-0.15, -0.1) is 0 Å². The second-order valence-corrected chi connectivity index (χ2v) is 8.91. The van der Waals surface area contributed by atoms with Gasteiger partial charge in [-0.1, -0.05) is 83.9 Å². The van der Waals surface area contributed by atoms with Crippen molar-refractivity contribution in [1.82, 2.24) is 0 Å². The zero-order chi connectivity index (χ0) is 18.0. The highest BCUT2D eigenvalue weighted by molar-refractivity contribution is 5.45. The highest BCUT2D eigenvalue weighted by Gasteiger charge is 2.53. The van der Waals surface area contributed by atoms with Crippen LogP contribution in [0.5, 0.6) is 0 Å². The molecule has 0 radical (unpaired) electrons. The van der Waals surface area contributed by atoms with Crippen LogP contribution in [0.3, 0.4) is 0 Å². The lowest BCUT2D eigenvalue weighted by Crippen LogP contribution is -2.53. The monoisotopic (exact) mass is 328 g/mol. The van der Waals surface area contributed by atoms with Gasteiger partial charge >= 0.3 is 0 Å². The van der Waals surface area contributed by atoms with Gasteiger partial charge in [0.25, 0.3) is 0 Å². The van der Waals surface area contributed by atoms with Gasteiger partial charge in [-0.05, 0) is 42.7 Å². The molecule has 2 aliphatic carbocycles. The Morgan fingerprint density at radius 2 is 1.83 bits per heavy atom. The van der Waals surface area contributed by atoms with Crippen molar-refractivity contribution in [1.29, 1.82) is 0 Å². The smallest absolute Gasteiger partial charge is 0.102 e. The van der Waals surface area contributed by atoms with Gasteiger partial charge in [0, 0.05) is 12.0 Å². The summed E-state index contributed by atoms with van der Waals surface area (Å²) < 4.78 is 6.79. The lowest BCUT2D eigenvalue weighted by atomic mass is 9.58. The molecule has 0 amide bonds. The van der Waals surface area contributed by atoms with Crippen molar-refractivity contribution in [3.63, 3.8) is 0 Å². The zero-order valence-electron chi connectivity index (χ0n) is 16.8. The summed E-state index contributed by atoms with van der Waals surface area (Å²) in [5.74, 6) is 0. The Morgan fingerprint density at radius 3 is 2.38 bits per heavy atom. The first-order valence-electron chi connectivity index (χ1n) is 9.55. The predicted octanol–water partition coefficient (Wildman–Crippen LogP) is 6.78. The van der Waals surface area contributed by atoms with Crippen LogP contribution in [0.15, 0.2) is 47.1 Å². The standard InChI is InChI=1S/C23H36O/c1-8-9-16-24-23(22(6,7)19-12-10-11-13-19)15-14-18(2)17-20(23)21(3,4)5/h10,12-14,17H,8-9,11,15-16H2,1-7H3. The molecule has 24 heavy (non-hydrogen) atoms. The van der Waals surface area contributed by atoms with Gasteiger partial charge in [0.05, 0.1) is 0 Å². The summed E-state index contributed by atoms with van der Waals surface area (Å²) in [6.07, 6.45) is 16.0. The van der Waals surface area contributed by atoms with E-state index in [4.69, 9.17) is 4.74 Å². The average molecular weight is 329 g/mol. The van der Waals surface area contributed by atoms with Crippen LogP contribution in [0.1, 0.15) is 74.1 Å². The molecule has 1 nitrogen and oxygen atoms in total. The van der Waals surface area contributed by atoms with Crippen LogP contribution in [-0.2, 0) is 4.74 Å². The van der Waals surface area contributed by atoms with E-state index in [-0.39, 0.29) is 16.4 Å².